The Morgan fingerprint density at radius 2 is 1.42 bits per heavy atom. The van der Waals surface area contributed by atoms with Gasteiger partial charge in [-0.3, -0.25) is 9.36 Å². The number of amides is 1. The van der Waals surface area contributed by atoms with Crippen LogP contribution in [0.4, 0.5) is 5.82 Å². The summed E-state index contributed by atoms with van der Waals surface area (Å²) < 4.78 is 42.9. The first-order valence-electron chi connectivity index (χ1n) is 18.0. The minimum Gasteiger partial charge on any atom is -0.497 e. The summed E-state index contributed by atoms with van der Waals surface area (Å²) in [5.41, 5.74) is 0.880. The lowest BCUT2D eigenvalue weighted by Crippen LogP contribution is -2.42. The van der Waals surface area contributed by atoms with Crippen LogP contribution in [0.5, 0.6) is 17.2 Å². The van der Waals surface area contributed by atoms with Gasteiger partial charge in [-0.05, 0) is 77.7 Å². The third-order valence-electron chi connectivity index (χ3n) is 9.85. The summed E-state index contributed by atoms with van der Waals surface area (Å²) in [7, 11) is 4.75. The highest BCUT2D eigenvalue weighted by Gasteiger charge is 2.49. The van der Waals surface area contributed by atoms with Crippen molar-refractivity contribution in [1.29, 1.82) is 0 Å². The second-order valence-electron chi connectivity index (χ2n) is 13.1. The van der Waals surface area contributed by atoms with E-state index in [4.69, 9.17) is 33.2 Å². The van der Waals surface area contributed by atoms with Gasteiger partial charge in [-0.25, -0.2) is 4.79 Å². The average molecular weight is 750 g/mol. The SMILES string of the molecule is COc1ccc(C(=O)Nc2ccn([C@@H]3O[C@H](COC(c4ccccc4)(c4ccc(OC)cc4)c4ccc(OC)cc4)[C@@H](O)[C@H]3OC3CCCO3)c(=O)n2)cc1. The molecule has 2 aliphatic heterocycles. The van der Waals surface area contributed by atoms with Crippen LogP contribution in [0.25, 0.3) is 0 Å². The van der Waals surface area contributed by atoms with Crippen LogP contribution in [0.3, 0.4) is 0 Å². The molecule has 2 fully saturated rings. The minimum absolute atomic E-state index is 0.0451. The van der Waals surface area contributed by atoms with Gasteiger partial charge in [0, 0.05) is 24.8 Å². The lowest BCUT2D eigenvalue weighted by atomic mass is 9.80. The summed E-state index contributed by atoms with van der Waals surface area (Å²) in [6, 6.07) is 33.0. The quantitative estimate of drug-likeness (QED) is 0.142. The van der Waals surface area contributed by atoms with Crippen molar-refractivity contribution in [2.24, 2.45) is 0 Å². The third-order valence-corrected chi connectivity index (χ3v) is 9.85. The van der Waals surface area contributed by atoms with Gasteiger partial charge in [0.25, 0.3) is 5.91 Å². The summed E-state index contributed by atoms with van der Waals surface area (Å²) in [6.07, 6.45) is -2.07. The van der Waals surface area contributed by atoms with E-state index >= 15 is 0 Å². The fraction of sp³-hybridized carbons (Fsp3) is 0.310. The van der Waals surface area contributed by atoms with Gasteiger partial charge < -0.3 is 43.6 Å². The number of nitrogens with zero attached hydrogens (tertiary/aromatic N) is 2. The van der Waals surface area contributed by atoms with Crippen molar-refractivity contribution in [3.8, 4) is 17.2 Å². The number of hydrogen-bond acceptors (Lipinski definition) is 11. The maximum Gasteiger partial charge on any atom is 0.351 e. The number of aromatic nitrogens is 2. The monoisotopic (exact) mass is 749 g/mol. The lowest BCUT2D eigenvalue weighted by Gasteiger charge is -2.37. The number of hydrogen-bond donors (Lipinski definition) is 2. The minimum atomic E-state index is -1.24. The first-order chi connectivity index (χ1) is 26.8. The molecule has 286 valence electrons. The molecule has 2 N–H and O–H groups in total. The van der Waals surface area contributed by atoms with Crippen molar-refractivity contribution in [2.75, 3.05) is 39.9 Å². The second kappa shape index (κ2) is 16.8. The van der Waals surface area contributed by atoms with E-state index in [-0.39, 0.29) is 12.4 Å². The topological polar surface area (TPSA) is 149 Å². The Morgan fingerprint density at radius 3 is 1.96 bits per heavy atom. The second-order valence-corrected chi connectivity index (χ2v) is 13.1. The highest BCUT2D eigenvalue weighted by molar-refractivity contribution is 6.03. The van der Waals surface area contributed by atoms with E-state index in [0.717, 1.165) is 23.1 Å². The molecule has 1 unspecified atom stereocenters. The average Bonchev–Trinajstić information content (AvgIpc) is 3.86. The van der Waals surface area contributed by atoms with Crippen LogP contribution in [0.2, 0.25) is 0 Å². The van der Waals surface area contributed by atoms with Crippen LogP contribution in [-0.2, 0) is 24.5 Å². The third kappa shape index (κ3) is 7.97. The van der Waals surface area contributed by atoms with Gasteiger partial charge in [0.1, 0.15) is 47.0 Å². The summed E-state index contributed by atoms with van der Waals surface area (Å²) in [5, 5.41) is 14.6. The smallest absolute Gasteiger partial charge is 0.351 e. The molecule has 13 heteroatoms. The number of methoxy groups -OCH3 is 3. The molecule has 0 saturated carbocycles. The lowest BCUT2D eigenvalue weighted by molar-refractivity contribution is -0.182. The predicted octanol–water partition coefficient (Wildman–Crippen LogP) is 5.31. The summed E-state index contributed by atoms with van der Waals surface area (Å²) in [6.45, 7) is 0.396. The Morgan fingerprint density at radius 1 is 0.836 bits per heavy atom. The summed E-state index contributed by atoms with van der Waals surface area (Å²) in [4.78, 5) is 30.6. The largest absolute Gasteiger partial charge is 0.497 e. The number of ether oxygens (including phenoxy) is 7. The van der Waals surface area contributed by atoms with E-state index in [1.807, 2.05) is 78.9 Å². The van der Waals surface area contributed by atoms with Crippen molar-refractivity contribution in [3.05, 3.63) is 148 Å². The molecule has 2 aliphatic rings. The molecule has 55 heavy (non-hydrogen) atoms. The van der Waals surface area contributed by atoms with Gasteiger partial charge in [0.05, 0.1) is 27.9 Å². The number of carbonyl (C=O) groups excluding carboxylic acids is 1. The van der Waals surface area contributed by atoms with Crippen molar-refractivity contribution < 1.29 is 43.1 Å². The summed E-state index contributed by atoms with van der Waals surface area (Å²) >= 11 is 0. The number of nitrogens with one attached hydrogen (secondary N) is 1. The van der Waals surface area contributed by atoms with E-state index in [9.17, 15) is 14.7 Å². The van der Waals surface area contributed by atoms with Gasteiger partial charge in [-0.1, -0.05) is 54.6 Å². The molecule has 0 radical (unpaired) electrons. The first kappa shape index (κ1) is 37.7. The van der Waals surface area contributed by atoms with E-state index in [0.29, 0.717) is 35.8 Å². The molecule has 3 heterocycles. The van der Waals surface area contributed by atoms with Gasteiger partial charge in [0.15, 0.2) is 12.5 Å². The van der Waals surface area contributed by atoms with Crippen LogP contribution in [-0.4, -0.2) is 79.7 Å². The van der Waals surface area contributed by atoms with E-state index in [1.54, 1.807) is 38.5 Å². The van der Waals surface area contributed by atoms with E-state index < -0.39 is 48.0 Å². The Bertz CT molecular complexity index is 2040. The molecular weight excluding hydrogens is 706 g/mol. The number of rotatable bonds is 14. The molecule has 2 saturated heterocycles. The normalized spacial score (nSPS) is 20.9. The van der Waals surface area contributed by atoms with Crippen LogP contribution in [0, 0.1) is 0 Å². The zero-order chi connectivity index (χ0) is 38.4. The van der Waals surface area contributed by atoms with Crippen molar-refractivity contribution >= 4 is 11.7 Å². The van der Waals surface area contributed by atoms with Gasteiger partial charge >= 0.3 is 5.69 Å². The van der Waals surface area contributed by atoms with Gasteiger partial charge in [-0.15, -0.1) is 0 Å². The Balaban J connectivity index is 1.20. The van der Waals surface area contributed by atoms with Gasteiger partial charge in [-0.2, -0.15) is 4.98 Å². The van der Waals surface area contributed by atoms with Crippen molar-refractivity contribution in [1.82, 2.24) is 9.55 Å². The van der Waals surface area contributed by atoms with Crippen molar-refractivity contribution in [2.45, 2.75) is 49.3 Å². The summed E-state index contributed by atoms with van der Waals surface area (Å²) in [5.74, 6) is 1.55. The number of aliphatic hydroxyl groups is 1. The van der Waals surface area contributed by atoms with E-state index in [2.05, 4.69) is 10.3 Å². The number of benzene rings is 4. The van der Waals surface area contributed by atoms with Crippen LogP contribution in [0.1, 0.15) is 46.1 Å². The zero-order valence-corrected chi connectivity index (χ0v) is 30.7. The van der Waals surface area contributed by atoms with Crippen molar-refractivity contribution in [3.63, 3.8) is 0 Å². The molecule has 0 bridgehead atoms. The fourth-order valence-corrected chi connectivity index (χ4v) is 6.95. The molecule has 5 aromatic rings. The zero-order valence-electron chi connectivity index (χ0n) is 30.7. The molecule has 0 aliphatic carbocycles. The molecule has 1 aromatic heterocycles. The number of carbonyl (C=O) groups is 1. The highest BCUT2D eigenvalue weighted by atomic mass is 16.7. The molecule has 7 rings (SSSR count). The molecule has 0 spiro atoms. The molecule has 5 atom stereocenters. The number of aliphatic hydroxyl groups excluding tert-OH is 1. The Kier molecular flexibility index (Phi) is 11.6. The van der Waals surface area contributed by atoms with Crippen LogP contribution in [0.15, 0.2) is 120 Å². The van der Waals surface area contributed by atoms with Gasteiger partial charge in [0.2, 0.25) is 0 Å². The molecule has 1 amide bonds. The first-order valence-corrected chi connectivity index (χ1v) is 18.0. The van der Waals surface area contributed by atoms with E-state index in [1.165, 1.54) is 23.9 Å². The Hall–Kier alpha value is -5.57. The highest BCUT2D eigenvalue weighted by Crippen LogP contribution is 2.43. The number of anilines is 1. The maximum absolute atomic E-state index is 13.6. The maximum atomic E-state index is 13.6. The molecule has 4 aromatic carbocycles. The fourth-order valence-electron chi connectivity index (χ4n) is 6.95. The standard InChI is InChI=1S/C42H43N3O10/c1-49-31-17-11-27(12-18-31)39(47)43-35-23-24-45(41(48)44-35)40-38(55-36-10-7-25-52-36)37(46)34(54-40)26-53-42(28-8-5-4-6-9-28,29-13-19-32(50-2)20-14-29)30-15-21-33(51-3)22-16-30/h4-6,8-9,11-24,34,36-38,40,46H,7,10,25-26H2,1-3H3,(H,43,44,47,48)/t34-,36?,37-,38-,40-/m1/s1. The molecule has 13 nitrogen and oxygen atoms in total. The Labute approximate surface area is 318 Å². The van der Waals surface area contributed by atoms with Crippen LogP contribution >= 0.6 is 0 Å². The molecular formula is C42H43N3O10. The predicted molar refractivity (Wildman–Crippen MR) is 201 cm³/mol. The van der Waals surface area contributed by atoms with Crippen LogP contribution < -0.4 is 25.2 Å².